The second-order valence-corrected chi connectivity index (χ2v) is 9.87. The molecule has 1 amide bonds. The zero-order valence-electron chi connectivity index (χ0n) is 15.1. The molecule has 2 aromatic rings. The number of nitrogens with zero attached hydrogens (tertiary/aromatic N) is 2. The van der Waals surface area contributed by atoms with E-state index in [4.69, 9.17) is 11.6 Å². The van der Waals surface area contributed by atoms with E-state index < -0.39 is 0 Å². The number of carbonyl (C=O) groups is 2. The number of rotatable bonds is 6. The fourth-order valence-corrected chi connectivity index (χ4v) is 5.31. The maximum Gasteiger partial charge on any atom is 0.223 e. The van der Waals surface area contributed by atoms with Gasteiger partial charge in [0.1, 0.15) is 0 Å². The van der Waals surface area contributed by atoms with Crippen LogP contribution >= 0.6 is 34.3 Å². The Balaban J connectivity index is 1.43. The van der Waals surface area contributed by atoms with Crippen molar-refractivity contribution in [3.8, 4) is 0 Å². The number of thiophene rings is 2. The zero-order valence-corrected chi connectivity index (χ0v) is 17.5. The van der Waals surface area contributed by atoms with Crippen LogP contribution in [-0.2, 0) is 11.3 Å². The Kier molecular flexibility index (Phi) is 6.51. The first-order chi connectivity index (χ1) is 12.4. The van der Waals surface area contributed by atoms with Crippen LogP contribution in [0.15, 0.2) is 18.2 Å². The van der Waals surface area contributed by atoms with Crippen LogP contribution in [0.25, 0.3) is 0 Å². The molecule has 0 N–H and O–H groups in total. The smallest absolute Gasteiger partial charge is 0.223 e. The van der Waals surface area contributed by atoms with Gasteiger partial charge in [-0.05, 0) is 32.0 Å². The van der Waals surface area contributed by atoms with Crippen LogP contribution in [0.5, 0.6) is 0 Å². The Bertz CT molecular complexity index is 791. The molecule has 0 atom stereocenters. The summed E-state index contributed by atoms with van der Waals surface area (Å²) in [5.74, 6) is 0.162. The van der Waals surface area contributed by atoms with E-state index in [1.165, 1.54) is 4.88 Å². The summed E-state index contributed by atoms with van der Waals surface area (Å²) in [5, 5.41) is 0. The average molecular weight is 411 g/mol. The maximum absolute atomic E-state index is 12.4. The Hall–Kier alpha value is -1.21. The number of amides is 1. The molecule has 3 rings (SSSR count). The molecule has 0 spiro atoms. The molecular formula is C19H23ClN2O2S2. The number of hydrogen-bond acceptors (Lipinski definition) is 5. The van der Waals surface area contributed by atoms with E-state index in [1.807, 2.05) is 30.9 Å². The summed E-state index contributed by atoms with van der Waals surface area (Å²) in [6, 6.07) is 5.92. The first kappa shape index (κ1) is 19.5. The summed E-state index contributed by atoms with van der Waals surface area (Å²) >= 11 is 9.22. The molecule has 140 valence electrons. The van der Waals surface area contributed by atoms with Gasteiger partial charge in [0.25, 0.3) is 0 Å². The summed E-state index contributed by atoms with van der Waals surface area (Å²) in [7, 11) is 0. The minimum Gasteiger partial charge on any atom is -0.340 e. The second kappa shape index (κ2) is 8.65. The van der Waals surface area contributed by atoms with Crippen LogP contribution in [0.2, 0.25) is 4.34 Å². The minimum absolute atomic E-state index is 0.0772. The van der Waals surface area contributed by atoms with Gasteiger partial charge in [-0.2, -0.15) is 0 Å². The van der Waals surface area contributed by atoms with Crippen LogP contribution in [-0.4, -0.2) is 47.7 Å². The molecule has 1 fully saturated rings. The molecule has 7 heteroatoms. The molecular weight excluding hydrogens is 388 g/mol. The van der Waals surface area contributed by atoms with E-state index in [0.717, 1.165) is 52.4 Å². The molecule has 1 saturated heterocycles. The van der Waals surface area contributed by atoms with Crippen molar-refractivity contribution < 1.29 is 9.59 Å². The van der Waals surface area contributed by atoms with Crippen molar-refractivity contribution in [1.82, 2.24) is 9.80 Å². The first-order valence-electron chi connectivity index (χ1n) is 8.77. The lowest BCUT2D eigenvalue weighted by atomic mass is 10.1. The number of hydrogen-bond donors (Lipinski definition) is 0. The largest absolute Gasteiger partial charge is 0.340 e. The molecule has 0 aliphatic carbocycles. The lowest BCUT2D eigenvalue weighted by Crippen LogP contribution is -2.48. The minimum atomic E-state index is 0.0772. The second-order valence-electron chi connectivity index (χ2n) is 6.61. The van der Waals surface area contributed by atoms with Gasteiger partial charge in [0.05, 0.1) is 4.34 Å². The number of Topliss-reactive ketones (excluding diaryl/α,β-unsaturated/α-hetero) is 1. The zero-order chi connectivity index (χ0) is 18.7. The van der Waals surface area contributed by atoms with Crippen LogP contribution in [0.4, 0.5) is 0 Å². The predicted molar refractivity (Wildman–Crippen MR) is 109 cm³/mol. The van der Waals surface area contributed by atoms with Gasteiger partial charge >= 0.3 is 0 Å². The van der Waals surface area contributed by atoms with Gasteiger partial charge < -0.3 is 4.90 Å². The summed E-state index contributed by atoms with van der Waals surface area (Å²) in [4.78, 5) is 32.4. The van der Waals surface area contributed by atoms with Crippen molar-refractivity contribution >= 4 is 46.0 Å². The van der Waals surface area contributed by atoms with E-state index in [9.17, 15) is 9.59 Å². The molecule has 0 bridgehead atoms. The summed E-state index contributed by atoms with van der Waals surface area (Å²) in [6.07, 6.45) is 0.595. The van der Waals surface area contributed by atoms with Gasteiger partial charge in [-0.3, -0.25) is 14.5 Å². The summed E-state index contributed by atoms with van der Waals surface area (Å²) < 4.78 is 0.814. The maximum atomic E-state index is 12.4. The lowest BCUT2D eigenvalue weighted by Gasteiger charge is -2.34. The highest BCUT2D eigenvalue weighted by molar-refractivity contribution is 7.16. The Labute approximate surface area is 167 Å². The van der Waals surface area contributed by atoms with Crippen molar-refractivity contribution in [2.75, 3.05) is 26.2 Å². The molecule has 0 radical (unpaired) electrons. The number of halogens is 1. The number of ketones is 1. The third-order valence-corrected chi connectivity index (χ3v) is 6.82. The first-order valence-corrected chi connectivity index (χ1v) is 10.8. The average Bonchev–Trinajstić information content (AvgIpc) is 3.17. The van der Waals surface area contributed by atoms with Crippen molar-refractivity contribution in [2.45, 2.75) is 33.2 Å². The molecule has 4 nitrogen and oxygen atoms in total. The molecule has 1 aliphatic heterocycles. The van der Waals surface area contributed by atoms with E-state index in [1.54, 1.807) is 22.7 Å². The van der Waals surface area contributed by atoms with Crippen LogP contribution < -0.4 is 0 Å². The highest BCUT2D eigenvalue weighted by Gasteiger charge is 2.22. The van der Waals surface area contributed by atoms with E-state index in [2.05, 4.69) is 11.0 Å². The van der Waals surface area contributed by atoms with Gasteiger partial charge in [-0.1, -0.05) is 11.6 Å². The van der Waals surface area contributed by atoms with Crippen molar-refractivity contribution in [2.24, 2.45) is 0 Å². The van der Waals surface area contributed by atoms with E-state index >= 15 is 0 Å². The molecule has 26 heavy (non-hydrogen) atoms. The van der Waals surface area contributed by atoms with Gasteiger partial charge in [0.15, 0.2) is 5.78 Å². The Morgan fingerprint density at radius 1 is 1.08 bits per heavy atom. The highest BCUT2D eigenvalue weighted by Crippen LogP contribution is 2.24. The van der Waals surface area contributed by atoms with Gasteiger partial charge in [0.2, 0.25) is 5.91 Å². The summed E-state index contributed by atoms with van der Waals surface area (Å²) in [5.41, 5.74) is 0.778. The Morgan fingerprint density at radius 2 is 1.81 bits per heavy atom. The standard InChI is InChI=1S/C19H23ClN2O2S2/c1-13-11-16(14(2)25-13)17(23)4-6-19(24)22-9-7-21(8-10-22)12-15-3-5-18(20)26-15/h3,5,11H,4,6-10,12H2,1-2H3. The predicted octanol–water partition coefficient (Wildman–Crippen LogP) is 4.39. The number of carbonyl (C=O) groups excluding carboxylic acids is 2. The SMILES string of the molecule is Cc1cc(C(=O)CCC(=O)N2CCN(Cc3ccc(Cl)s3)CC2)c(C)s1. The monoisotopic (exact) mass is 410 g/mol. The molecule has 0 saturated carbocycles. The normalized spacial score (nSPS) is 15.4. The van der Waals surface area contributed by atoms with Crippen molar-refractivity contribution in [1.29, 1.82) is 0 Å². The molecule has 2 aromatic heterocycles. The van der Waals surface area contributed by atoms with Gasteiger partial charge in [0, 0.05) is 65.8 Å². The highest BCUT2D eigenvalue weighted by atomic mass is 35.5. The molecule has 3 heterocycles. The topological polar surface area (TPSA) is 40.6 Å². The van der Waals surface area contributed by atoms with Crippen molar-refractivity contribution in [3.63, 3.8) is 0 Å². The molecule has 0 unspecified atom stereocenters. The Morgan fingerprint density at radius 3 is 2.38 bits per heavy atom. The lowest BCUT2D eigenvalue weighted by molar-refractivity contribution is -0.132. The summed E-state index contributed by atoms with van der Waals surface area (Å²) in [6.45, 7) is 8.02. The fraction of sp³-hybridized carbons (Fsp3) is 0.474. The molecule has 1 aliphatic rings. The van der Waals surface area contributed by atoms with Crippen LogP contribution in [0.3, 0.4) is 0 Å². The number of aryl methyl sites for hydroxylation is 2. The molecule has 0 aromatic carbocycles. The van der Waals surface area contributed by atoms with Crippen molar-refractivity contribution in [3.05, 3.63) is 42.7 Å². The van der Waals surface area contributed by atoms with E-state index in [-0.39, 0.29) is 11.7 Å². The van der Waals surface area contributed by atoms with Gasteiger partial charge in [-0.25, -0.2) is 0 Å². The quantitative estimate of drug-likeness (QED) is 0.663. The van der Waals surface area contributed by atoms with Crippen LogP contribution in [0, 0.1) is 13.8 Å². The third-order valence-electron chi connectivity index (χ3n) is 4.64. The van der Waals surface area contributed by atoms with Crippen LogP contribution in [0.1, 0.15) is 37.8 Å². The third kappa shape index (κ3) is 4.94. The number of piperazine rings is 1. The fourth-order valence-electron chi connectivity index (χ4n) is 3.23. The van der Waals surface area contributed by atoms with Gasteiger partial charge in [-0.15, -0.1) is 22.7 Å². The van der Waals surface area contributed by atoms with E-state index in [0.29, 0.717) is 12.8 Å².